The lowest BCUT2D eigenvalue weighted by molar-refractivity contribution is 0.0126. The zero-order chi connectivity index (χ0) is 11.9. The molecule has 3 rings (SSSR count). The third-order valence-corrected chi connectivity index (χ3v) is 3.90. The van der Waals surface area contributed by atoms with Gasteiger partial charge in [-0.1, -0.05) is 6.07 Å². The molecule has 2 saturated heterocycles. The molecule has 4 heteroatoms. The molecule has 0 amide bonds. The van der Waals surface area contributed by atoms with Gasteiger partial charge in [-0.15, -0.1) is 0 Å². The Kier molecular flexibility index (Phi) is 2.64. The molecule has 1 aromatic carbocycles. The highest BCUT2D eigenvalue weighted by Crippen LogP contribution is 2.43. The second kappa shape index (κ2) is 4.03. The fourth-order valence-electron chi connectivity index (χ4n) is 2.93. The quantitative estimate of drug-likeness (QED) is 0.749. The summed E-state index contributed by atoms with van der Waals surface area (Å²) < 4.78 is 37.9. The van der Waals surface area contributed by atoms with Gasteiger partial charge in [0.2, 0.25) is 0 Å². The van der Waals surface area contributed by atoms with Crippen molar-refractivity contribution < 1.29 is 18.3 Å². The van der Waals surface area contributed by atoms with Gasteiger partial charge in [-0.3, -0.25) is 0 Å². The lowest BCUT2D eigenvalue weighted by Crippen LogP contribution is -2.44. The average Bonchev–Trinajstić information content (AvgIpc) is 2.73. The van der Waals surface area contributed by atoms with Crippen LogP contribution in [0, 0.1) is 17.6 Å². The molecular formula is C13H14F2O2. The summed E-state index contributed by atoms with van der Waals surface area (Å²) in [6.45, 7) is 2.25. The van der Waals surface area contributed by atoms with E-state index in [1.54, 1.807) is 0 Å². The van der Waals surface area contributed by atoms with E-state index >= 15 is 0 Å². The molecule has 2 aliphatic rings. The fourth-order valence-corrected chi connectivity index (χ4v) is 2.93. The minimum Gasteiger partial charge on any atom is -0.380 e. The first-order valence-electron chi connectivity index (χ1n) is 5.83. The largest absolute Gasteiger partial charge is 0.380 e. The summed E-state index contributed by atoms with van der Waals surface area (Å²) >= 11 is 0. The van der Waals surface area contributed by atoms with Crippen LogP contribution >= 0.6 is 0 Å². The van der Waals surface area contributed by atoms with Crippen LogP contribution in [0.25, 0.3) is 0 Å². The maximum atomic E-state index is 13.9. The minimum absolute atomic E-state index is 0.274. The van der Waals surface area contributed by atoms with Crippen molar-refractivity contribution in [2.24, 2.45) is 5.92 Å². The van der Waals surface area contributed by atoms with Gasteiger partial charge >= 0.3 is 0 Å². The first kappa shape index (κ1) is 11.1. The summed E-state index contributed by atoms with van der Waals surface area (Å²) in [6, 6.07) is 3.77. The highest BCUT2D eigenvalue weighted by molar-refractivity contribution is 5.31. The van der Waals surface area contributed by atoms with E-state index < -0.39 is 17.0 Å². The van der Waals surface area contributed by atoms with Crippen molar-refractivity contribution in [2.45, 2.75) is 11.8 Å². The van der Waals surface area contributed by atoms with Crippen LogP contribution < -0.4 is 0 Å². The van der Waals surface area contributed by atoms with E-state index in [1.165, 1.54) is 12.1 Å². The Balaban J connectivity index is 2.05. The van der Waals surface area contributed by atoms with E-state index in [0.29, 0.717) is 32.0 Å². The van der Waals surface area contributed by atoms with Gasteiger partial charge in [0.05, 0.1) is 25.2 Å². The molecule has 2 fully saturated rings. The summed E-state index contributed by atoms with van der Waals surface area (Å²) in [5.41, 5.74) is 0.108. The maximum absolute atomic E-state index is 13.9. The van der Waals surface area contributed by atoms with Crippen molar-refractivity contribution in [1.82, 2.24) is 0 Å². The number of rotatable bonds is 1. The zero-order valence-electron chi connectivity index (χ0n) is 9.42. The predicted octanol–water partition coefficient (Wildman–Crippen LogP) is 2.27. The van der Waals surface area contributed by atoms with Crippen molar-refractivity contribution in [2.75, 3.05) is 26.4 Å². The van der Waals surface area contributed by atoms with E-state index in [1.807, 2.05) is 0 Å². The topological polar surface area (TPSA) is 18.5 Å². The van der Waals surface area contributed by atoms with Gasteiger partial charge in [-0.05, 0) is 24.0 Å². The zero-order valence-corrected chi connectivity index (χ0v) is 9.42. The molecule has 0 radical (unpaired) electrons. The summed E-state index contributed by atoms with van der Waals surface area (Å²) in [5, 5.41) is 0. The number of benzene rings is 1. The standard InChI is InChI=1S/C13H14F2O2/c14-10-1-2-11(12(15)5-10)13-7-16-4-3-9(13)6-17-8-13/h1-2,5,9H,3-4,6-8H2/t9-,13-/m0/s1. The molecule has 2 heterocycles. The van der Waals surface area contributed by atoms with Crippen molar-refractivity contribution in [3.8, 4) is 0 Å². The Morgan fingerprint density at radius 2 is 2.00 bits per heavy atom. The minimum atomic E-state index is -0.546. The van der Waals surface area contributed by atoms with Crippen LogP contribution in [-0.2, 0) is 14.9 Å². The van der Waals surface area contributed by atoms with Crippen LogP contribution in [0.3, 0.4) is 0 Å². The van der Waals surface area contributed by atoms with Crippen molar-refractivity contribution in [3.05, 3.63) is 35.4 Å². The lowest BCUT2D eigenvalue weighted by atomic mass is 9.70. The van der Waals surface area contributed by atoms with E-state index in [9.17, 15) is 8.78 Å². The van der Waals surface area contributed by atoms with Gasteiger partial charge in [-0.25, -0.2) is 8.78 Å². The molecule has 0 spiro atoms. The number of ether oxygens (including phenoxy) is 2. The summed E-state index contributed by atoms with van der Waals surface area (Å²) in [7, 11) is 0. The van der Waals surface area contributed by atoms with Gasteiger partial charge < -0.3 is 9.47 Å². The Hall–Kier alpha value is -1.00. The van der Waals surface area contributed by atoms with Crippen molar-refractivity contribution in [3.63, 3.8) is 0 Å². The first-order valence-corrected chi connectivity index (χ1v) is 5.83. The first-order chi connectivity index (χ1) is 8.22. The fraction of sp³-hybridized carbons (Fsp3) is 0.538. The van der Waals surface area contributed by atoms with Gasteiger partial charge in [0.15, 0.2) is 0 Å². The van der Waals surface area contributed by atoms with E-state index in [4.69, 9.17) is 9.47 Å². The molecule has 0 aliphatic carbocycles. The smallest absolute Gasteiger partial charge is 0.130 e. The molecule has 0 N–H and O–H groups in total. The number of hydrogen-bond acceptors (Lipinski definition) is 2. The molecule has 0 aromatic heterocycles. The van der Waals surface area contributed by atoms with Crippen LogP contribution in [0.5, 0.6) is 0 Å². The van der Waals surface area contributed by atoms with Crippen LogP contribution in [0.2, 0.25) is 0 Å². The van der Waals surface area contributed by atoms with Crippen molar-refractivity contribution >= 4 is 0 Å². The molecule has 1 aromatic rings. The summed E-state index contributed by atoms with van der Waals surface area (Å²) in [6.07, 6.45) is 0.872. The SMILES string of the molecule is Fc1ccc([C@]23COCC[C@H]2COC3)c(F)c1. The van der Waals surface area contributed by atoms with E-state index in [-0.39, 0.29) is 5.92 Å². The van der Waals surface area contributed by atoms with Gasteiger partial charge in [0.1, 0.15) is 11.6 Å². The Labute approximate surface area is 98.5 Å². The lowest BCUT2D eigenvalue weighted by Gasteiger charge is -2.38. The molecule has 0 bridgehead atoms. The van der Waals surface area contributed by atoms with Crippen LogP contribution in [0.1, 0.15) is 12.0 Å². The molecule has 2 aliphatic heterocycles. The molecule has 0 unspecified atom stereocenters. The number of hydrogen-bond donors (Lipinski definition) is 0. The third kappa shape index (κ3) is 1.67. The Morgan fingerprint density at radius 3 is 2.82 bits per heavy atom. The normalized spacial score (nSPS) is 32.5. The monoisotopic (exact) mass is 240 g/mol. The third-order valence-electron chi connectivity index (χ3n) is 3.90. The van der Waals surface area contributed by atoms with E-state index in [0.717, 1.165) is 12.5 Å². The molecule has 2 atom stereocenters. The molecule has 92 valence electrons. The van der Waals surface area contributed by atoms with Gasteiger partial charge in [0, 0.05) is 12.7 Å². The number of halogens is 2. The van der Waals surface area contributed by atoms with Gasteiger partial charge in [-0.2, -0.15) is 0 Å². The summed E-state index contributed by atoms with van der Waals surface area (Å²) in [5.74, 6) is -0.767. The second-order valence-corrected chi connectivity index (χ2v) is 4.83. The molecular weight excluding hydrogens is 226 g/mol. The highest BCUT2D eigenvalue weighted by Gasteiger charge is 2.48. The molecule has 2 nitrogen and oxygen atoms in total. The van der Waals surface area contributed by atoms with Crippen LogP contribution in [-0.4, -0.2) is 26.4 Å². The molecule has 17 heavy (non-hydrogen) atoms. The maximum Gasteiger partial charge on any atom is 0.130 e. The predicted molar refractivity (Wildman–Crippen MR) is 57.8 cm³/mol. The van der Waals surface area contributed by atoms with E-state index in [2.05, 4.69) is 0 Å². The second-order valence-electron chi connectivity index (χ2n) is 4.83. The molecule has 0 saturated carbocycles. The Morgan fingerprint density at radius 1 is 1.18 bits per heavy atom. The average molecular weight is 240 g/mol. The summed E-state index contributed by atoms with van der Waals surface area (Å²) in [4.78, 5) is 0. The Bertz CT molecular complexity index is 435. The van der Waals surface area contributed by atoms with Crippen LogP contribution in [0.4, 0.5) is 8.78 Å². The highest BCUT2D eigenvalue weighted by atomic mass is 19.1. The van der Waals surface area contributed by atoms with Gasteiger partial charge in [0.25, 0.3) is 0 Å². The number of fused-ring (bicyclic) bond motifs is 1. The van der Waals surface area contributed by atoms with Crippen molar-refractivity contribution in [1.29, 1.82) is 0 Å². The van der Waals surface area contributed by atoms with Crippen LogP contribution in [0.15, 0.2) is 18.2 Å².